The maximum Gasteiger partial charge on any atom is 0.244 e. The fourth-order valence-corrected chi connectivity index (χ4v) is 3.37. The predicted molar refractivity (Wildman–Crippen MR) is 107 cm³/mol. The number of nitrogens with zero attached hydrogens (tertiary/aromatic N) is 2. The van der Waals surface area contributed by atoms with Gasteiger partial charge in [-0.05, 0) is 49.2 Å². The molecule has 0 bridgehead atoms. The molecule has 1 amide bonds. The van der Waals surface area contributed by atoms with E-state index in [4.69, 9.17) is 11.6 Å². The first-order valence-electron chi connectivity index (χ1n) is 8.13. The number of nitrogens with one attached hydrogen (secondary N) is 1. The molecule has 0 spiro atoms. The van der Waals surface area contributed by atoms with Crippen LogP contribution in [0.3, 0.4) is 0 Å². The number of pyridine rings is 1. The van der Waals surface area contributed by atoms with E-state index < -0.39 is 0 Å². The predicted octanol–water partition coefficient (Wildman–Crippen LogP) is 5.06. The SMILES string of the molecule is Cc1ccc(/C=C/C(=O)NC(C)c2nc(-c3ccncc3)cs2)cc1Cl. The normalized spacial score (nSPS) is 12.3. The maximum atomic E-state index is 12.2. The first kappa shape index (κ1) is 18.3. The Bertz CT molecular complexity index is 937. The fourth-order valence-electron chi connectivity index (χ4n) is 2.35. The van der Waals surface area contributed by atoms with Crippen molar-refractivity contribution >= 4 is 34.9 Å². The summed E-state index contributed by atoms with van der Waals surface area (Å²) in [6.45, 7) is 3.86. The lowest BCUT2D eigenvalue weighted by Gasteiger charge is -2.09. The monoisotopic (exact) mass is 383 g/mol. The Morgan fingerprint density at radius 2 is 2.04 bits per heavy atom. The molecule has 26 heavy (non-hydrogen) atoms. The molecule has 0 fully saturated rings. The maximum absolute atomic E-state index is 12.2. The van der Waals surface area contributed by atoms with Crippen LogP contribution in [-0.4, -0.2) is 15.9 Å². The van der Waals surface area contributed by atoms with Gasteiger partial charge in [-0.2, -0.15) is 0 Å². The van der Waals surface area contributed by atoms with Crippen LogP contribution in [0, 0.1) is 6.92 Å². The van der Waals surface area contributed by atoms with Crippen molar-refractivity contribution in [3.8, 4) is 11.3 Å². The lowest BCUT2D eigenvalue weighted by Crippen LogP contribution is -2.24. The second-order valence-electron chi connectivity index (χ2n) is 5.88. The number of rotatable bonds is 5. The number of thiazole rings is 1. The molecule has 0 aliphatic heterocycles. The third-order valence-corrected chi connectivity index (χ3v) is 5.28. The summed E-state index contributed by atoms with van der Waals surface area (Å²) in [6, 6.07) is 9.35. The van der Waals surface area contributed by atoms with Crippen LogP contribution in [0.5, 0.6) is 0 Å². The van der Waals surface area contributed by atoms with Crippen molar-refractivity contribution in [3.63, 3.8) is 0 Å². The number of amides is 1. The van der Waals surface area contributed by atoms with Crippen molar-refractivity contribution in [2.45, 2.75) is 19.9 Å². The van der Waals surface area contributed by atoms with E-state index in [-0.39, 0.29) is 11.9 Å². The summed E-state index contributed by atoms with van der Waals surface area (Å²) < 4.78 is 0. The van der Waals surface area contributed by atoms with Gasteiger partial charge in [0.2, 0.25) is 5.91 Å². The number of hydrogen-bond acceptors (Lipinski definition) is 4. The molecule has 1 atom stereocenters. The third-order valence-electron chi connectivity index (χ3n) is 3.85. The van der Waals surface area contributed by atoms with Gasteiger partial charge in [-0.15, -0.1) is 11.3 Å². The summed E-state index contributed by atoms with van der Waals surface area (Å²) in [5, 5.41) is 6.46. The van der Waals surface area contributed by atoms with E-state index in [9.17, 15) is 4.79 Å². The molecule has 1 aromatic carbocycles. The van der Waals surface area contributed by atoms with Crippen molar-refractivity contribution in [2.24, 2.45) is 0 Å². The average Bonchev–Trinajstić information content (AvgIpc) is 3.14. The molecule has 1 unspecified atom stereocenters. The molecule has 4 nitrogen and oxygen atoms in total. The molecule has 0 aliphatic rings. The van der Waals surface area contributed by atoms with Crippen molar-refractivity contribution in [1.82, 2.24) is 15.3 Å². The van der Waals surface area contributed by atoms with Gasteiger partial charge in [-0.25, -0.2) is 4.98 Å². The molecule has 0 saturated heterocycles. The first-order valence-corrected chi connectivity index (χ1v) is 9.39. The number of benzene rings is 1. The van der Waals surface area contributed by atoms with Gasteiger partial charge in [-0.1, -0.05) is 23.7 Å². The molecule has 132 valence electrons. The zero-order valence-corrected chi connectivity index (χ0v) is 16.0. The number of aromatic nitrogens is 2. The lowest BCUT2D eigenvalue weighted by atomic mass is 10.1. The van der Waals surface area contributed by atoms with E-state index in [0.717, 1.165) is 27.4 Å². The minimum absolute atomic E-state index is 0.171. The van der Waals surface area contributed by atoms with E-state index in [1.54, 1.807) is 18.5 Å². The quantitative estimate of drug-likeness (QED) is 0.626. The number of aryl methyl sites for hydroxylation is 1. The lowest BCUT2D eigenvalue weighted by molar-refractivity contribution is -0.117. The number of halogens is 1. The zero-order chi connectivity index (χ0) is 18.5. The van der Waals surface area contributed by atoms with E-state index in [1.165, 1.54) is 17.4 Å². The number of carbonyl (C=O) groups excluding carboxylic acids is 1. The molecule has 1 N–H and O–H groups in total. The second kappa shape index (κ2) is 8.25. The van der Waals surface area contributed by atoms with Crippen LogP contribution < -0.4 is 5.32 Å². The Morgan fingerprint density at radius 1 is 1.27 bits per heavy atom. The highest BCUT2D eigenvalue weighted by atomic mass is 35.5. The van der Waals surface area contributed by atoms with E-state index in [0.29, 0.717) is 5.02 Å². The summed E-state index contributed by atoms with van der Waals surface area (Å²) in [6.07, 6.45) is 6.73. The molecule has 3 rings (SSSR count). The van der Waals surface area contributed by atoms with Crippen LogP contribution in [0.15, 0.2) is 54.2 Å². The first-order chi connectivity index (χ1) is 12.5. The highest BCUT2D eigenvalue weighted by molar-refractivity contribution is 7.10. The van der Waals surface area contributed by atoms with Crippen LogP contribution in [-0.2, 0) is 4.79 Å². The molecule has 6 heteroatoms. The van der Waals surface area contributed by atoms with Crippen LogP contribution >= 0.6 is 22.9 Å². The van der Waals surface area contributed by atoms with Crippen molar-refractivity contribution in [2.75, 3.05) is 0 Å². The average molecular weight is 384 g/mol. The molecule has 0 radical (unpaired) electrons. The van der Waals surface area contributed by atoms with E-state index in [1.807, 2.05) is 49.6 Å². The number of carbonyl (C=O) groups is 1. The summed E-state index contributed by atoms with van der Waals surface area (Å²) in [7, 11) is 0. The molecule has 2 heterocycles. The molecule has 2 aromatic heterocycles. The van der Waals surface area contributed by atoms with Crippen LogP contribution in [0.25, 0.3) is 17.3 Å². The topological polar surface area (TPSA) is 54.9 Å². The molecule has 0 aliphatic carbocycles. The highest BCUT2D eigenvalue weighted by Gasteiger charge is 2.13. The minimum Gasteiger partial charge on any atom is -0.344 e. The second-order valence-corrected chi connectivity index (χ2v) is 7.18. The smallest absolute Gasteiger partial charge is 0.244 e. The van der Waals surface area contributed by atoms with Gasteiger partial charge >= 0.3 is 0 Å². The Morgan fingerprint density at radius 3 is 2.77 bits per heavy atom. The van der Waals surface area contributed by atoms with Crippen LogP contribution in [0.4, 0.5) is 0 Å². The molecule has 0 saturated carbocycles. The fraction of sp³-hybridized carbons (Fsp3) is 0.150. The van der Waals surface area contributed by atoms with Gasteiger partial charge in [0.25, 0.3) is 0 Å². The van der Waals surface area contributed by atoms with Crippen LogP contribution in [0.2, 0.25) is 5.02 Å². The Hall–Kier alpha value is -2.50. The summed E-state index contributed by atoms with van der Waals surface area (Å²) in [5.74, 6) is -0.171. The Kier molecular flexibility index (Phi) is 5.81. The third kappa shape index (κ3) is 4.56. The van der Waals surface area contributed by atoms with Crippen LogP contribution in [0.1, 0.15) is 29.1 Å². The van der Waals surface area contributed by atoms with Gasteiger partial charge in [0.05, 0.1) is 11.7 Å². The largest absolute Gasteiger partial charge is 0.344 e. The van der Waals surface area contributed by atoms with Gasteiger partial charge in [0.15, 0.2) is 0 Å². The Balaban J connectivity index is 1.63. The highest BCUT2D eigenvalue weighted by Crippen LogP contribution is 2.25. The van der Waals surface area contributed by atoms with Gasteiger partial charge in [0, 0.05) is 34.4 Å². The molecule has 3 aromatic rings. The standard InChI is InChI=1S/C20H18ClN3OS/c1-13-3-4-15(11-17(13)21)5-6-19(25)23-14(2)20-24-18(12-26-20)16-7-9-22-10-8-16/h3-12,14H,1-2H3,(H,23,25)/b6-5+. The van der Waals surface area contributed by atoms with Crippen molar-refractivity contribution < 1.29 is 4.79 Å². The van der Waals surface area contributed by atoms with Gasteiger partial charge in [-0.3, -0.25) is 9.78 Å². The molecular formula is C20H18ClN3OS. The van der Waals surface area contributed by atoms with Crippen molar-refractivity contribution in [3.05, 3.63) is 75.3 Å². The minimum atomic E-state index is -0.172. The molecular weight excluding hydrogens is 366 g/mol. The Labute approximate surface area is 161 Å². The van der Waals surface area contributed by atoms with Crippen molar-refractivity contribution in [1.29, 1.82) is 0 Å². The number of hydrogen-bond donors (Lipinski definition) is 1. The van der Waals surface area contributed by atoms with E-state index >= 15 is 0 Å². The summed E-state index contributed by atoms with van der Waals surface area (Å²) >= 11 is 7.63. The van der Waals surface area contributed by atoms with E-state index in [2.05, 4.69) is 15.3 Å². The zero-order valence-electron chi connectivity index (χ0n) is 14.4. The van der Waals surface area contributed by atoms with Gasteiger partial charge in [0.1, 0.15) is 5.01 Å². The summed E-state index contributed by atoms with van der Waals surface area (Å²) in [4.78, 5) is 20.8. The summed E-state index contributed by atoms with van der Waals surface area (Å²) in [5.41, 5.74) is 3.80. The van der Waals surface area contributed by atoms with Gasteiger partial charge < -0.3 is 5.32 Å².